The Bertz CT molecular complexity index is 360. The van der Waals surface area contributed by atoms with Crippen LogP contribution < -0.4 is 11.1 Å². The average Bonchev–Trinajstić information content (AvgIpc) is 2.11. The van der Waals surface area contributed by atoms with Gasteiger partial charge in [0, 0.05) is 6.20 Å². The molecule has 7 heteroatoms. The highest BCUT2D eigenvalue weighted by Gasteiger charge is 2.11. The van der Waals surface area contributed by atoms with E-state index >= 15 is 0 Å². The lowest BCUT2D eigenvalue weighted by molar-refractivity contribution is -0.118. The van der Waals surface area contributed by atoms with Crippen molar-refractivity contribution < 1.29 is 4.79 Å². The number of halogens is 2. The Kier molecular flexibility index (Phi) is 3.65. The zero-order valence-corrected chi connectivity index (χ0v) is 9.63. The van der Waals surface area contributed by atoms with Crippen molar-refractivity contribution in [1.29, 1.82) is 0 Å². The van der Waals surface area contributed by atoms with Gasteiger partial charge in [0.25, 0.3) is 0 Å². The summed E-state index contributed by atoms with van der Waals surface area (Å²) < 4.78 is 0.620. The molecular formula is C7H8BrClN4O. The summed E-state index contributed by atoms with van der Waals surface area (Å²) in [6.07, 6.45) is 1.49. The molecule has 1 aromatic heterocycles. The first-order chi connectivity index (χ1) is 6.50. The van der Waals surface area contributed by atoms with Crippen LogP contribution in [0.25, 0.3) is 0 Å². The van der Waals surface area contributed by atoms with Gasteiger partial charge in [0.05, 0.1) is 4.47 Å². The van der Waals surface area contributed by atoms with E-state index in [1.165, 1.54) is 6.20 Å². The summed E-state index contributed by atoms with van der Waals surface area (Å²) in [5, 5.41) is 2.90. The van der Waals surface area contributed by atoms with Crippen molar-refractivity contribution in [3.05, 3.63) is 16.0 Å². The Morgan fingerprint density at radius 1 is 1.79 bits per heavy atom. The highest BCUT2D eigenvalue weighted by molar-refractivity contribution is 9.10. The smallest absolute Gasteiger partial charge is 0.239 e. The number of carbonyl (C=O) groups is 1. The molecule has 1 aromatic rings. The lowest BCUT2D eigenvalue weighted by Gasteiger charge is -2.11. The first-order valence-corrected chi connectivity index (χ1v) is 4.91. The Labute approximate surface area is 94.2 Å². The molecule has 0 aliphatic heterocycles. The van der Waals surface area contributed by atoms with Crippen molar-refractivity contribution in [2.24, 2.45) is 5.73 Å². The van der Waals surface area contributed by atoms with E-state index in [1.54, 1.807) is 6.92 Å². The van der Waals surface area contributed by atoms with Crippen molar-refractivity contribution >= 4 is 39.3 Å². The number of anilines is 1. The summed E-state index contributed by atoms with van der Waals surface area (Å²) >= 11 is 8.79. The normalized spacial score (nSPS) is 12.2. The van der Waals surface area contributed by atoms with Gasteiger partial charge in [0.2, 0.25) is 11.2 Å². The van der Waals surface area contributed by atoms with Crippen LogP contribution in [0.5, 0.6) is 0 Å². The number of rotatable bonds is 3. The minimum atomic E-state index is -0.516. The number of nitrogens with two attached hydrogens (primary N) is 1. The molecule has 1 amide bonds. The second kappa shape index (κ2) is 4.56. The Morgan fingerprint density at radius 3 is 3.00 bits per heavy atom. The lowest BCUT2D eigenvalue weighted by atomic mass is 10.3. The van der Waals surface area contributed by atoms with Crippen LogP contribution in [0.15, 0.2) is 10.7 Å². The molecule has 0 radical (unpaired) electrons. The molecule has 3 N–H and O–H groups in total. The standard InChI is InChI=1S/C7H8BrClN4O/c1-3(5(10)14)12-6-4(8)2-11-7(9)13-6/h2-3H,1H3,(H2,10,14)(H,11,12,13). The third-order valence-electron chi connectivity index (χ3n) is 1.49. The van der Waals surface area contributed by atoms with E-state index in [1.807, 2.05) is 0 Å². The van der Waals surface area contributed by atoms with Crippen molar-refractivity contribution in [1.82, 2.24) is 9.97 Å². The quantitative estimate of drug-likeness (QED) is 0.814. The molecule has 0 saturated heterocycles. The highest BCUT2D eigenvalue weighted by atomic mass is 79.9. The van der Waals surface area contributed by atoms with Crippen LogP contribution in [0.1, 0.15) is 6.92 Å². The predicted molar refractivity (Wildman–Crippen MR) is 57.0 cm³/mol. The van der Waals surface area contributed by atoms with Crippen molar-refractivity contribution in [3.8, 4) is 0 Å². The molecule has 0 bridgehead atoms. The summed E-state index contributed by atoms with van der Waals surface area (Å²) in [5.74, 6) is -0.0251. The first kappa shape index (κ1) is 11.2. The van der Waals surface area contributed by atoms with Crippen LogP contribution in [0.2, 0.25) is 5.28 Å². The molecule has 0 spiro atoms. The fourth-order valence-electron chi connectivity index (χ4n) is 0.723. The van der Waals surface area contributed by atoms with E-state index in [0.717, 1.165) is 0 Å². The molecule has 0 aliphatic carbocycles. The molecule has 0 aromatic carbocycles. The van der Waals surface area contributed by atoms with E-state index in [2.05, 4.69) is 31.2 Å². The van der Waals surface area contributed by atoms with Crippen molar-refractivity contribution in [3.63, 3.8) is 0 Å². The van der Waals surface area contributed by atoms with Gasteiger partial charge in [-0.25, -0.2) is 4.98 Å². The average molecular weight is 280 g/mol. The largest absolute Gasteiger partial charge is 0.368 e. The number of nitrogens with zero attached hydrogens (tertiary/aromatic N) is 2. The molecular weight excluding hydrogens is 271 g/mol. The molecule has 1 rings (SSSR count). The number of aromatic nitrogens is 2. The molecule has 1 atom stereocenters. The maximum Gasteiger partial charge on any atom is 0.239 e. The number of hydrogen-bond acceptors (Lipinski definition) is 4. The maximum absolute atomic E-state index is 10.8. The first-order valence-electron chi connectivity index (χ1n) is 3.74. The van der Waals surface area contributed by atoms with Crippen LogP contribution in [-0.2, 0) is 4.79 Å². The van der Waals surface area contributed by atoms with Crippen molar-refractivity contribution in [2.45, 2.75) is 13.0 Å². The summed E-state index contributed by atoms with van der Waals surface area (Å²) in [5.41, 5.74) is 5.08. The summed E-state index contributed by atoms with van der Waals surface area (Å²) in [6.45, 7) is 1.63. The number of carbonyl (C=O) groups excluding carboxylic acids is 1. The molecule has 0 aliphatic rings. The molecule has 14 heavy (non-hydrogen) atoms. The van der Waals surface area contributed by atoms with Crippen molar-refractivity contribution in [2.75, 3.05) is 5.32 Å². The summed E-state index contributed by atoms with van der Waals surface area (Å²) in [6, 6.07) is -0.516. The van der Waals surface area contributed by atoms with Gasteiger partial charge in [-0.2, -0.15) is 4.98 Å². The van der Waals surface area contributed by atoms with E-state index < -0.39 is 11.9 Å². The van der Waals surface area contributed by atoms with Crippen LogP contribution >= 0.6 is 27.5 Å². The summed E-state index contributed by atoms with van der Waals surface area (Å²) in [4.78, 5) is 18.4. The second-order valence-electron chi connectivity index (χ2n) is 2.60. The van der Waals surface area contributed by atoms with Gasteiger partial charge in [-0.15, -0.1) is 0 Å². The van der Waals surface area contributed by atoms with Crippen LogP contribution in [0.3, 0.4) is 0 Å². The zero-order valence-electron chi connectivity index (χ0n) is 7.29. The van der Waals surface area contributed by atoms with Gasteiger partial charge in [-0.05, 0) is 34.5 Å². The Balaban J connectivity index is 2.85. The zero-order chi connectivity index (χ0) is 10.7. The highest BCUT2D eigenvalue weighted by Crippen LogP contribution is 2.20. The van der Waals surface area contributed by atoms with Crippen LogP contribution in [0, 0.1) is 0 Å². The molecule has 0 saturated carbocycles. The van der Waals surface area contributed by atoms with Gasteiger partial charge in [0.15, 0.2) is 0 Å². The van der Waals surface area contributed by atoms with E-state index in [4.69, 9.17) is 17.3 Å². The molecule has 1 heterocycles. The lowest BCUT2D eigenvalue weighted by Crippen LogP contribution is -2.32. The summed E-state index contributed by atoms with van der Waals surface area (Å²) in [7, 11) is 0. The molecule has 0 fully saturated rings. The van der Waals surface area contributed by atoms with Gasteiger partial charge < -0.3 is 11.1 Å². The SMILES string of the molecule is CC(Nc1nc(Cl)ncc1Br)C(N)=O. The molecule has 1 unspecified atom stereocenters. The van der Waals surface area contributed by atoms with Crippen LogP contribution in [-0.4, -0.2) is 21.9 Å². The number of nitrogens with one attached hydrogen (secondary N) is 1. The van der Waals surface area contributed by atoms with Gasteiger partial charge in [0.1, 0.15) is 11.9 Å². The fraction of sp³-hybridized carbons (Fsp3) is 0.286. The van der Waals surface area contributed by atoms with E-state index in [0.29, 0.717) is 10.3 Å². The van der Waals surface area contributed by atoms with Gasteiger partial charge in [-0.1, -0.05) is 0 Å². The third-order valence-corrected chi connectivity index (χ3v) is 2.26. The monoisotopic (exact) mass is 278 g/mol. The third kappa shape index (κ3) is 2.81. The molecule has 5 nitrogen and oxygen atoms in total. The minimum absolute atomic E-state index is 0.104. The second-order valence-corrected chi connectivity index (χ2v) is 3.80. The van der Waals surface area contributed by atoms with Gasteiger partial charge in [-0.3, -0.25) is 4.79 Å². The Morgan fingerprint density at radius 2 is 2.43 bits per heavy atom. The topological polar surface area (TPSA) is 80.9 Å². The van der Waals surface area contributed by atoms with E-state index in [-0.39, 0.29) is 5.28 Å². The number of primary amides is 1. The predicted octanol–water partition coefficient (Wildman–Crippen LogP) is 1.18. The maximum atomic E-state index is 10.8. The fourth-order valence-corrected chi connectivity index (χ4v) is 1.16. The minimum Gasteiger partial charge on any atom is -0.368 e. The number of amides is 1. The Hall–Kier alpha value is -0.880. The van der Waals surface area contributed by atoms with E-state index in [9.17, 15) is 4.79 Å². The number of hydrogen-bond donors (Lipinski definition) is 2. The molecule has 76 valence electrons. The van der Waals surface area contributed by atoms with Crippen LogP contribution in [0.4, 0.5) is 5.82 Å². The van der Waals surface area contributed by atoms with Gasteiger partial charge >= 0.3 is 0 Å².